The van der Waals surface area contributed by atoms with Crippen LogP contribution in [-0.4, -0.2) is 47.1 Å². The van der Waals surface area contributed by atoms with Gasteiger partial charge in [-0.3, -0.25) is 4.90 Å². The van der Waals surface area contributed by atoms with E-state index in [1.165, 1.54) is 19.9 Å². The van der Waals surface area contributed by atoms with Gasteiger partial charge in [0.2, 0.25) is 0 Å². The van der Waals surface area contributed by atoms with E-state index in [1.807, 2.05) is 13.8 Å². The Hall–Kier alpha value is -3.67. The molecule has 0 aliphatic heterocycles. The van der Waals surface area contributed by atoms with E-state index in [9.17, 15) is 18.0 Å². The predicted molar refractivity (Wildman–Crippen MR) is 181 cm³/mol. The van der Waals surface area contributed by atoms with Gasteiger partial charge in [0.25, 0.3) is 5.89 Å². The van der Waals surface area contributed by atoms with Crippen molar-refractivity contribution < 1.29 is 36.4 Å². The van der Waals surface area contributed by atoms with Gasteiger partial charge >= 0.3 is 12.6 Å². The predicted octanol–water partition coefficient (Wildman–Crippen LogP) is 9.62. The molecule has 2 aromatic carbocycles. The number of aromatic nitrogens is 2. The summed E-state index contributed by atoms with van der Waals surface area (Å²) in [6, 6.07) is 11.4. The van der Waals surface area contributed by atoms with Crippen molar-refractivity contribution in [2.75, 3.05) is 11.4 Å². The van der Waals surface area contributed by atoms with Gasteiger partial charge in [0.1, 0.15) is 11.6 Å². The van der Waals surface area contributed by atoms with Gasteiger partial charge in [-0.05, 0) is 140 Å². The third-order valence-corrected chi connectivity index (χ3v) is 11.1. The number of nitrogens with zero attached hydrogens (tertiary/aromatic N) is 3. The van der Waals surface area contributed by atoms with E-state index in [-0.39, 0.29) is 34.9 Å². The lowest BCUT2D eigenvalue weighted by Gasteiger charge is -2.53. The van der Waals surface area contributed by atoms with Crippen molar-refractivity contribution in [1.82, 2.24) is 15.5 Å². The van der Waals surface area contributed by atoms with Crippen molar-refractivity contribution >= 4 is 11.7 Å². The van der Waals surface area contributed by atoms with Crippen LogP contribution in [0.2, 0.25) is 0 Å². The topological polar surface area (TPSA) is 89.7 Å². The van der Waals surface area contributed by atoms with Gasteiger partial charge in [-0.25, -0.2) is 13.6 Å². The molecule has 8 nitrogen and oxygen atoms in total. The molecule has 50 heavy (non-hydrogen) atoms. The van der Waals surface area contributed by atoms with Crippen molar-refractivity contribution in [1.29, 1.82) is 0 Å². The number of benzene rings is 2. The van der Waals surface area contributed by atoms with Crippen LogP contribution >= 0.6 is 0 Å². The molecule has 2 bridgehead atoms. The molecule has 272 valence electrons. The maximum Gasteiger partial charge on any atom is 0.345 e. The van der Waals surface area contributed by atoms with Crippen molar-refractivity contribution in [3.63, 3.8) is 0 Å². The number of ether oxygens (including phenoxy) is 2. The van der Waals surface area contributed by atoms with E-state index >= 15 is 4.39 Å². The molecule has 0 saturated heterocycles. The number of alkyl halides is 3. The standard InChI is InChI=1S/C38H48F4N4O4/c1-24(2)48-28-9-6-25(7-10-28)29-22-27(8-11-30(29)39)46(34(47)43-26-12-14-36(5,15-13-26)49-33(40)41)23-37-16-19-38(20-17-37,21-18-37)31-44-32(50-45-31)35(3,4)42/h6-11,22,24,26,33H,12-21,23H2,1-5H3,(H,43,47)/t26-,36-,37?,38?. The molecule has 1 heterocycles. The van der Waals surface area contributed by atoms with E-state index in [2.05, 4.69) is 15.5 Å². The van der Waals surface area contributed by atoms with E-state index in [4.69, 9.17) is 14.0 Å². The van der Waals surface area contributed by atoms with E-state index in [0.717, 1.165) is 38.5 Å². The Bertz CT molecular complexity index is 1620. The molecule has 2 amide bonds. The van der Waals surface area contributed by atoms with Crippen LogP contribution in [0.5, 0.6) is 5.75 Å². The fourth-order valence-corrected chi connectivity index (χ4v) is 7.98. The second kappa shape index (κ2) is 13.8. The summed E-state index contributed by atoms with van der Waals surface area (Å²) < 4.78 is 72.0. The molecule has 1 aromatic heterocycles. The van der Waals surface area contributed by atoms with Gasteiger partial charge < -0.3 is 19.3 Å². The molecule has 0 atom stereocenters. The van der Waals surface area contributed by atoms with E-state index in [1.54, 1.807) is 48.2 Å². The van der Waals surface area contributed by atoms with Gasteiger partial charge in [0.05, 0.1) is 11.7 Å². The van der Waals surface area contributed by atoms with Crippen LogP contribution in [0.3, 0.4) is 0 Å². The SMILES string of the molecule is CC(C)Oc1ccc(-c2cc(N(CC34CCC(c5noc(C(C)(C)F)n5)(CC3)CC4)C(=O)N[C@H]3CC[C@](C)(OC(F)F)CC3)ccc2F)cc1. The highest BCUT2D eigenvalue weighted by Gasteiger charge is 2.53. The minimum atomic E-state index is -2.85. The third kappa shape index (κ3) is 7.80. The highest BCUT2D eigenvalue weighted by atomic mass is 19.3. The smallest absolute Gasteiger partial charge is 0.345 e. The van der Waals surface area contributed by atoms with Crippen molar-refractivity contribution in [3.8, 4) is 16.9 Å². The second-order valence-electron chi connectivity index (χ2n) is 15.7. The number of rotatable bonds is 11. The van der Waals surface area contributed by atoms with Crippen LogP contribution in [0.4, 0.5) is 28.0 Å². The Morgan fingerprint density at radius 2 is 1.66 bits per heavy atom. The summed E-state index contributed by atoms with van der Waals surface area (Å²) in [6.07, 6.45) is 6.52. The maximum absolute atomic E-state index is 15.4. The summed E-state index contributed by atoms with van der Waals surface area (Å²) in [4.78, 5) is 20.4. The zero-order valence-corrected chi connectivity index (χ0v) is 29.5. The molecular formula is C38H48F4N4O4. The number of hydrogen-bond donors (Lipinski definition) is 1. The Balaban J connectivity index is 1.24. The van der Waals surface area contributed by atoms with Gasteiger partial charge in [-0.1, -0.05) is 17.3 Å². The first-order valence-corrected chi connectivity index (χ1v) is 17.7. The molecule has 7 rings (SSSR count). The molecule has 4 fully saturated rings. The summed E-state index contributed by atoms with van der Waals surface area (Å²) in [5.74, 6) is 0.796. The molecule has 0 spiro atoms. The Morgan fingerprint density at radius 1 is 1.02 bits per heavy atom. The van der Waals surface area contributed by atoms with Crippen LogP contribution in [0.1, 0.15) is 111 Å². The molecule has 4 aliphatic carbocycles. The summed E-state index contributed by atoms with van der Waals surface area (Å²) in [7, 11) is 0. The molecule has 3 aromatic rings. The lowest BCUT2D eigenvalue weighted by molar-refractivity contribution is -0.212. The number of carbonyl (C=O) groups is 1. The molecule has 0 radical (unpaired) electrons. The van der Waals surface area contributed by atoms with Crippen molar-refractivity contribution in [3.05, 3.63) is 60.0 Å². The summed E-state index contributed by atoms with van der Waals surface area (Å²) in [6.45, 7) is 5.91. The van der Waals surface area contributed by atoms with Crippen LogP contribution in [0, 0.1) is 11.2 Å². The normalized spacial score (nSPS) is 26.7. The monoisotopic (exact) mass is 700 g/mol. The van der Waals surface area contributed by atoms with E-state index in [0.29, 0.717) is 60.6 Å². The van der Waals surface area contributed by atoms with Crippen LogP contribution in [0.25, 0.3) is 11.1 Å². The quantitative estimate of drug-likeness (QED) is 0.201. The number of halogens is 4. The minimum absolute atomic E-state index is 0.00110. The number of nitrogens with one attached hydrogen (secondary N) is 1. The van der Waals surface area contributed by atoms with E-state index < -0.39 is 23.7 Å². The van der Waals surface area contributed by atoms with Crippen molar-refractivity contribution in [2.24, 2.45) is 5.41 Å². The number of hydrogen-bond acceptors (Lipinski definition) is 6. The molecular weight excluding hydrogens is 652 g/mol. The molecule has 12 heteroatoms. The zero-order valence-electron chi connectivity index (χ0n) is 29.5. The van der Waals surface area contributed by atoms with Crippen LogP contribution in [0.15, 0.2) is 47.0 Å². The van der Waals surface area contributed by atoms with Crippen LogP contribution in [-0.2, 0) is 15.8 Å². The first-order valence-electron chi connectivity index (χ1n) is 17.7. The van der Waals surface area contributed by atoms with Gasteiger partial charge in [0.15, 0.2) is 11.5 Å². The molecule has 4 aliphatic rings. The number of amides is 2. The molecule has 1 N–H and O–H groups in total. The highest BCUT2D eigenvalue weighted by Crippen LogP contribution is 2.58. The lowest BCUT2D eigenvalue weighted by atomic mass is 9.53. The Labute approximate surface area is 291 Å². The van der Waals surface area contributed by atoms with Crippen molar-refractivity contribution in [2.45, 2.75) is 134 Å². The largest absolute Gasteiger partial charge is 0.491 e. The number of urea groups is 1. The average Bonchev–Trinajstić information content (AvgIpc) is 3.59. The average molecular weight is 701 g/mol. The van der Waals surface area contributed by atoms with Gasteiger partial charge in [-0.15, -0.1) is 0 Å². The minimum Gasteiger partial charge on any atom is -0.491 e. The lowest BCUT2D eigenvalue weighted by Crippen LogP contribution is -2.54. The summed E-state index contributed by atoms with van der Waals surface area (Å²) >= 11 is 0. The fraction of sp³-hybridized carbons (Fsp3) is 0.605. The third-order valence-electron chi connectivity index (χ3n) is 11.1. The number of fused-ring (bicyclic) bond motifs is 3. The second-order valence-corrected chi connectivity index (χ2v) is 15.7. The molecule has 0 unspecified atom stereocenters. The summed E-state index contributed by atoms with van der Waals surface area (Å²) in [5.41, 5.74) is -1.59. The Kier molecular flexibility index (Phi) is 9.98. The number of carbonyl (C=O) groups excluding carboxylic acids is 1. The van der Waals surface area contributed by atoms with Gasteiger partial charge in [0, 0.05) is 29.3 Å². The Morgan fingerprint density at radius 3 is 2.22 bits per heavy atom. The first kappa shape index (κ1) is 36.1. The first-order chi connectivity index (χ1) is 23.6. The molecule has 4 saturated carbocycles. The van der Waals surface area contributed by atoms with Gasteiger partial charge in [-0.2, -0.15) is 13.8 Å². The number of anilines is 1. The highest BCUT2D eigenvalue weighted by molar-refractivity contribution is 5.93. The zero-order chi connectivity index (χ0) is 35.9. The maximum atomic E-state index is 15.4. The fourth-order valence-electron chi connectivity index (χ4n) is 7.98. The van der Waals surface area contributed by atoms with Crippen LogP contribution < -0.4 is 15.0 Å². The summed E-state index contributed by atoms with van der Waals surface area (Å²) in [5, 5.41) is 7.36.